The number of allylic oxidation sites excluding steroid dienone is 2. The van der Waals surface area contributed by atoms with Crippen LogP contribution in [0, 0.1) is 0 Å². The van der Waals surface area contributed by atoms with Crippen molar-refractivity contribution in [2.45, 2.75) is 296 Å². The van der Waals surface area contributed by atoms with E-state index in [1.54, 1.807) is 0 Å². The number of hydrogen-bond acceptors (Lipinski definition) is 3. The first kappa shape index (κ1) is 53.1. The van der Waals surface area contributed by atoms with Crippen LogP contribution in [0.5, 0.6) is 0 Å². The summed E-state index contributed by atoms with van der Waals surface area (Å²) >= 11 is 0. The van der Waals surface area contributed by atoms with Crippen molar-refractivity contribution < 1.29 is 15.0 Å². The van der Waals surface area contributed by atoms with Crippen molar-refractivity contribution in [3.8, 4) is 0 Å². The summed E-state index contributed by atoms with van der Waals surface area (Å²) in [5.74, 6) is -0.0313. The monoisotopic (exact) mass is 762 g/mol. The van der Waals surface area contributed by atoms with Crippen molar-refractivity contribution in [1.82, 2.24) is 5.32 Å². The smallest absolute Gasteiger partial charge is 0.220 e. The van der Waals surface area contributed by atoms with E-state index in [9.17, 15) is 15.0 Å². The molecule has 2 atom stereocenters. The van der Waals surface area contributed by atoms with Crippen LogP contribution in [0.4, 0.5) is 0 Å². The van der Waals surface area contributed by atoms with Gasteiger partial charge >= 0.3 is 0 Å². The van der Waals surface area contributed by atoms with Crippen molar-refractivity contribution in [3.63, 3.8) is 0 Å². The van der Waals surface area contributed by atoms with Crippen molar-refractivity contribution in [2.75, 3.05) is 6.61 Å². The average molecular weight is 762 g/mol. The minimum Gasteiger partial charge on any atom is -0.394 e. The molecular formula is C50H99NO3. The Labute approximate surface area is 339 Å². The maximum Gasteiger partial charge on any atom is 0.220 e. The molecule has 2 unspecified atom stereocenters. The van der Waals surface area contributed by atoms with Crippen LogP contribution in [-0.4, -0.2) is 34.9 Å². The number of rotatable bonds is 46. The maximum absolute atomic E-state index is 12.4. The summed E-state index contributed by atoms with van der Waals surface area (Å²) in [6, 6.07) is -0.536. The highest BCUT2D eigenvalue weighted by atomic mass is 16.3. The topological polar surface area (TPSA) is 69.6 Å². The molecule has 0 aromatic carbocycles. The van der Waals surface area contributed by atoms with Gasteiger partial charge in [-0.15, -0.1) is 0 Å². The van der Waals surface area contributed by atoms with Gasteiger partial charge in [0.25, 0.3) is 0 Å². The largest absolute Gasteiger partial charge is 0.394 e. The third kappa shape index (κ3) is 42.3. The average Bonchev–Trinajstić information content (AvgIpc) is 3.18. The fourth-order valence-electron chi connectivity index (χ4n) is 7.95. The maximum atomic E-state index is 12.4. The number of amides is 1. The number of nitrogens with one attached hydrogen (secondary N) is 1. The highest BCUT2D eigenvalue weighted by Crippen LogP contribution is 2.17. The Hall–Kier alpha value is -0.870. The molecule has 4 heteroatoms. The van der Waals surface area contributed by atoms with Gasteiger partial charge in [-0.25, -0.2) is 0 Å². The van der Waals surface area contributed by atoms with Crippen LogP contribution in [0.15, 0.2) is 12.2 Å². The van der Waals surface area contributed by atoms with Gasteiger partial charge in [0.2, 0.25) is 5.91 Å². The molecule has 0 saturated heterocycles. The lowest BCUT2D eigenvalue weighted by molar-refractivity contribution is -0.123. The summed E-state index contributed by atoms with van der Waals surface area (Å²) in [5, 5.41) is 23.3. The van der Waals surface area contributed by atoms with Crippen LogP contribution < -0.4 is 5.32 Å². The molecule has 4 nitrogen and oxygen atoms in total. The van der Waals surface area contributed by atoms with E-state index in [4.69, 9.17) is 0 Å². The molecule has 0 saturated carbocycles. The van der Waals surface area contributed by atoms with Crippen molar-refractivity contribution in [1.29, 1.82) is 0 Å². The molecule has 0 aromatic rings. The molecule has 0 radical (unpaired) electrons. The van der Waals surface area contributed by atoms with Crippen LogP contribution in [0.3, 0.4) is 0 Å². The Morgan fingerprint density at radius 3 is 1.02 bits per heavy atom. The zero-order chi connectivity index (χ0) is 39.3. The molecule has 0 aliphatic heterocycles. The molecule has 0 spiro atoms. The predicted octanol–water partition coefficient (Wildman–Crippen LogP) is 15.8. The van der Waals surface area contributed by atoms with E-state index in [1.807, 2.05) is 0 Å². The third-order valence-electron chi connectivity index (χ3n) is 11.8. The van der Waals surface area contributed by atoms with Gasteiger partial charge in [0, 0.05) is 6.42 Å². The normalized spacial score (nSPS) is 12.9. The second-order valence-corrected chi connectivity index (χ2v) is 17.2. The summed E-state index contributed by atoms with van der Waals surface area (Å²) in [4.78, 5) is 12.4. The van der Waals surface area contributed by atoms with E-state index in [1.165, 1.54) is 231 Å². The van der Waals surface area contributed by atoms with E-state index in [2.05, 4.69) is 31.3 Å². The quantitative estimate of drug-likeness (QED) is 0.0427. The van der Waals surface area contributed by atoms with E-state index < -0.39 is 12.1 Å². The Morgan fingerprint density at radius 1 is 0.426 bits per heavy atom. The Balaban J connectivity index is 3.46. The van der Waals surface area contributed by atoms with E-state index >= 15 is 0 Å². The molecular weight excluding hydrogens is 663 g/mol. The highest BCUT2D eigenvalue weighted by molar-refractivity contribution is 5.76. The molecule has 322 valence electrons. The summed E-state index contributed by atoms with van der Waals surface area (Å²) in [6.45, 7) is 4.38. The van der Waals surface area contributed by atoms with Crippen molar-refractivity contribution >= 4 is 5.91 Å². The van der Waals surface area contributed by atoms with Gasteiger partial charge in [0.15, 0.2) is 0 Å². The van der Waals surface area contributed by atoms with Gasteiger partial charge in [-0.05, 0) is 38.5 Å². The zero-order valence-electron chi connectivity index (χ0n) is 37.0. The summed E-state index contributed by atoms with van der Waals surface area (Å²) in [6.07, 6.45) is 58.8. The van der Waals surface area contributed by atoms with Gasteiger partial charge in [0.1, 0.15) is 0 Å². The lowest BCUT2D eigenvalue weighted by Gasteiger charge is -2.22. The molecule has 0 rings (SSSR count). The number of unbranched alkanes of at least 4 members (excludes halogenated alkanes) is 37. The van der Waals surface area contributed by atoms with Crippen LogP contribution in [0.25, 0.3) is 0 Å². The highest BCUT2D eigenvalue weighted by Gasteiger charge is 2.20. The van der Waals surface area contributed by atoms with Gasteiger partial charge < -0.3 is 15.5 Å². The molecule has 0 aliphatic rings. The molecule has 0 aromatic heterocycles. The second kappa shape index (κ2) is 46.5. The number of carbonyl (C=O) groups is 1. The SMILES string of the molecule is CCCCCCCCCC/C=C\CCCCCCCCCC(=O)NC(CO)C(O)CCCCCCCCCCCCCCCCCCCCCCCCC. The fraction of sp³-hybridized carbons (Fsp3) is 0.940. The predicted molar refractivity (Wildman–Crippen MR) is 239 cm³/mol. The number of carbonyl (C=O) groups excluding carboxylic acids is 1. The molecule has 0 heterocycles. The summed E-state index contributed by atoms with van der Waals surface area (Å²) < 4.78 is 0. The first-order valence-corrected chi connectivity index (χ1v) is 24.9. The van der Waals surface area contributed by atoms with Crippen LogP contribution in [-0.2, 0) is 4.79 Å². The summed E-state index contributed by atoms with van der Waals surface area (Å²) in [7, 11) is 0. The number of hydrogen-bond donors (Lipinski definition) is 3. The van der Waals surface area contributed by atoms with Gasteiger partial charge in [0.05, 0.1) is 18.8 Å². The Kier molecular flexibility index (Phi) is 45.8. The van der Waals surface area contributed by atoms with E-state index in [-0.39, 0.29) is 12.5 Å². The molecule has 3 N–H and O–H groups in total. The summed E-state index contributed by atoms with van der Waals surface area (Å²) in [5.41, 5.74) is 0. The van der Waals surface area contributed by atoms with Crippen molar-refractivity contribution in [2.24, 2.45) is 0 Å². The molecule has 0 fully saturated rings. The van der Waals surface area contributed by atoms with E-state index in [0.29, 0.717) is 12.8 Å². The second-order valence-electron chi connectivity index (χ2n) is 17.2. The fourth-order valence-corrected chi connectivity index (χ4v) is 7.95. The molecule has 1 amide bonds. The molecule has 0 aliphatic carbocycles. The first-order valence-electron chi connectivity index (χ1n) is 24.9. The Morgan fingerprint density at radius 2 is 0.704 bits per heavy atom. The lowest BCUT2D eigenvalue weighted by atomic mass is 10.0. The minimum atomic E-state index is -0.659. The van der Waals surface area contributed by atoms with Crippen molar-refractivity contribution in [3.05, 3.63) is 12.2 Å². The van der Waals surface area contributed by atoms with Crippen LogP contribution in [0.1, 0.15) is 284 Å². The lowest BCUT2D eigenvalue weighted by Crippen LogP contribution is -2.45. The first-order chi connectivity index (χ1) is 26.7. The standard InChI is InChI=1S/C50H99NO3/c1-3-5-7-9-11-13-15-17-19-21-23-24-25-26-28-29-31-33-35-37-39-41-43-45-49(53)48(47-52)51-50(54)46-44-42-40-38-36-34-32-30-27-22-20-18-16-14-12-10-8-6-4-2/h22,27,48-49,52-53H,3-21,23-26,28-47H2,1-2H3,(H,51,54)/b27-22-. The van der Waals surface area contributed by atoms with Crippen LogP contribution >= 0.6 is 0 Å². The minimum absolute atomic E-state index is 0.0313. The zero-order valence-corrected chi connectivity index (χ0v) is 37.0. The van der Waals surface area contributed by atoms with Gasteiger partial charge in [-0.2, -0.15) is 0 Å². The molecule has 54 heavy (non-hydrogen) atoms. The number of aliphatic hydroxyl groups is 2. The van der Waals surface area contributed by atoms with Crippen LogP contribution in [0.2, 0.25) is 0 Å². The van der Waals surface area contributed by atoms with Gasteiger partial charge in [-0.1, -0.05) is 251 Å². The number of aliphatic hydroxyl groups excluding tert-OH is 2. The Bertz CT molecular complexity index is 739. The molecule has 0 bridgehead atoms. The third-order valence-corrected chi connectivity index (χ3v) is 11.8. The van der Waals surface area contributed by atoms with E-state index in [0.717, 1.165) is 25.7 Å². The van der Waals surface area contributed by atoms with Gasteiger partial charge in [-0.3, -0.25) is 4.79 Å².